The normalized spacial score (nSPS) is 11.7. The zero-order valence-corrected chi connectivity index (χ0v) is 15.1. The maximum absolute atomic E-state index is 12.1. The van der Waals surface area contributed by atoms with Crippen molar-refractivity contribution in [3.63, 3.8) is 0 Å². The molecule has 0 radical (unpaired) electrons. The van der Waals surface area contributed by atoms with Crippen LogP contribution in [0.1, 0.15) is 51.9 Å². The van der Waals surface area contributed by atoms with E-state index in [2.05, 4.69) is 61.2 Å². The molecule has 0 fully saturated rings. The van der Waals surface area contributed by atoms with Crippen molar-refractivity contribution >= 4 is 23.4 Å². The summed E-state index contributed by atoms with van der Waals surface area (Å²) in [5.74, 6) is 1.49. The lowest BCUT2D eigenvalue weighted by molar-refractivity contribution is -0.113. The maximum atomic E-state index is 12.1. The van der Waals surface area contributed by atoms with E-state index in [-0.39, 0.29) is 17.1 Å². The molecule has 0 bridgehead atoms. The highest BCUT2D eigenvalue weighted by Crippen LogP contribution is 2.22. The van der Waals surface area contributed by atoms with Crippen LogP contribution < -0.4 is 5.32 Å². The van der Waals surface area contributed by atoms with E-state index in [1.165, 1.54) is 17.3 Å². The van der Waals surface area contributed by atoms with E-state index in [0.717, 1.165) is 11.5 Å². The zero-order chi connectivity index (χ0) is 17.0. The van der Waals surface area contributed by atoms with Gasteiger partial charge in [0.25, 0.3) is 0 Å². The fraction of sp³-hybridized carbons (Fsp3) is 0.471. The molecule has 1 aromatic carbocycles. The van der Waals surface area contributed by atoms with Gasteiger partial charge in [0.2, 0.25) is 11.1 Å². The Morgan fingerprint density at radius 3 is 2.70 bits per heavy atom. The Bertz CT molecular complexity index is 673. The van der Waals surface area contributed by atoms with Crippen LogP contribution in [-0.4, -0.2) is 26.8 Å². The van der Waals surface area contributed by atoms with Crippen LogP contribution in [-0.2, 0) is 10.2 Å². The summed E-state index contributed by atoms with van der Waals surface area (Å²) in [4.78, 5) is 16.5. The van der Waals surface area contributed by atoms with Gasteiger partial charge in [0, 0.05) is 11.1 Å². The van der Waals surface area contributed by atoms with Crippen molar-refractivity contribution in [3.8, 4) is 0 Å². The first kappa shape index (κ1) is 17.5. The van der Waals surface area contributed by atoms with Crippen molar-refractivity contribution < 1.29 is 4.79 Å². The molecule has 1 heterocycles. The molecule has 0 aliphatic rings. The topological polar surface area (TPSA) is 70.7 Å². The van der Waals surface area contributed by atoms with Crippen molar-refractivity contribution in [1.29, 1.82) is 0 Å². The summed E-state index contributed by atoms with van der Waals surface area (Å²) in [7, 11) is 0. The van der Waals surface area contributed by atoms with E-state index in [0.29, 0.717) is 11.1 Å². The Hall–Kier alpha value is -1.82. The molecule has 2 aromatic rings. The van der Waals surface area contributed by atoms with Gasteiger partial charge in [-0.25, -0.2) is 4.98 Å². The monoisotopic (exact) mass is 332 g/mol. The molecular weight excluding hydrogens is 308 g/mol. The van der Waals surface area contributed by atoms with Gasteiger partial charge in [-0.2, -0.15) is 0 Å². The Balaban J connectivity index is 1.90. The fourth-order valence-corrected chi connectivity index (χ4v) is 2.55. The van der Waals surface area contributed by atoms with Crippen LogP contribution >= 0.6 is 11.8 Å². The number of rotatable bonds is 5. The molecule has 0 saturated heterocycles. The summed E-state index contributed by atoms with van der Waals surface area (Å²) in [6, 6.07) is 7.94. The summed E-state index contributed by atoms with van der Waals surface area (Å²) in [6.07, 6.45) is 0. The van der Waals surface area contributed by atoms with Crippen molar-refractivity contribution in [2.24, 2.45) is 0 Å². The molecule has 1 aromatic heterocycles. The number of anilines is 1. The van der Waals surface area contributed by atoms with Gasteiger partial charge < -0.3 is 5.32 Å². The summed E-state index contributed by atoms with van der Waals surface area (Å²) in [6.45, 7) is 10.5. The average molecular weight is 332 g/mol. The number of carbonyl (C=O) groups excluding carboxylic acids is 1. The first-order valence-electron chi connectivity index (χ1n) is 7.71. The molecule has 23 heavy (non-hydrogen) atoms. The number of nitrogens with zero attached hydrogens (tertiary/aromatic N) is 2. The van der Waals surface area contributed by atoms with Crippen molar-refractivity contribution in [2.45, 2.75) is 51.1 Å². The molecule has 5 nitrogen and oxygen atoms in total. The molecule has 0 aliphatic heterocycles. The van der Waals surface area contributed by atoms with Crippen molar-refractivity contribution in [2.75, 3.05) is 11.1 Å². The molecule has 0 spiro atoms. The second-order valence-electron chi connectivity index (χ2n) is 6.83. The lowest BCUT2D eigenvalue weighted by atomic mass is 9.96. The van der Waals surface area contributed by atoms with Crippen molar-refractivity contribution in [3.05, 3.63) is 35.7 Å². The van der Waals surface area contributed by atoms with E-state index in [1.807, 2.05) is 18.2 Å². The number of carbonyl (C=O) groups is 1. The molecule has 0 unspecified atom stereocenters. The average Bonchev–Trinajstić information content (AvgIpc) is 2.94. The minimum Gasteiger partial charge on any atom is -0.325 e. The first-order chi connectivity index (χ1) is 10.8. The maximum Gasteiger partial charge on any atom is 0.234 e. The highest BCUT2D eigenvalue weighted by Gasteiger charge is 2.19. The van der Waals surface area contributed by atoms with Crippen LogP contribution in [0.3, 0.4) is 0 Å². The number of nitrogens with one attached hydrogen (secondary N) is 2. The number of H-pyrrole nitrogens is 1. The molecule has 0 aliphatic carbocycles. The Labute approximate surface area is 141 Å². The molecular formula is C17H24N4OS. The Morgan fingerprint density at radius 1 is 1.35 bits per heavy atom. The van der Waals surface area contributed by atoms with Gasteiger partial charge in [-0.15, -0.1) is 5.10 Å². The van der Waals surface area contributed by atoms with Gasteiger partial charge in [-0.05, 0) is 23.6 Å². The van der Waals surface area contributed by atoms with Crippen LogP contribution in [0.4, 0.5) is 5.69 Å². The van der Waals surface area contributed by atoms with E-state index in [1.54, 1.807) is 0 Å². The smallest absolute Gasteiger partial charge is 0.234 e. The van der Waals surface area contributed by atoms with E-state index >= 15 is 0 Å². The predicted molar refractivity (Wildman–Crippen MR) is 95.0 cm³/mol. The number of hydrogen-bond acceptors (Lipinski definition) is 4. The third-order valence-corrected chi connectivity index (χ3v) is 4.19. The predicted octanol–water partition coefficient (Wildman–Crippen LogP) is 3.96. The quantitative estimate of drug-likeness (QED) is 0.813. The van der Waals surface area contributed by atoms with E-state index in [4.69, 9.17) is 0 Å². The summed E-state index contributed by atoms with van der Waals surface area (Å²) in [5.41, 5.74) is 1.96. The highest BCUT2D eigenvalue weighted by atomic mass is 32.2. The van der Waals surface area contributed by atoms with Crippen LogP contribution in [0.25, 0.3) is 0 Å². The SMILES string of the molecule is CC(C)c1cccc(NC(=O)CSc2n[nH]c(C(C)(C)C)n2)c1. The molecule has 0 saturated carbocycles. The van der Waals surface area contributed by atoms with Crippen LogP contribution in [0, 0.1) is 0 Å². The number of amides is 1. The Kier molecular flexibility index (Phi) is 5.46. The van der Waals surface area contributed by atoms with Crippen LogP contribution in [0.2, 0.25) is 0 Å². The molecule has 0 atom stereocenters. The Morgan fingerprint density at radius 2 is 2.09 bits per heavy atom. The summed E-state index contributed by atoms with van der Waals surface area (Å²) >= 11 is 1.33. The largest absolute Gasteiger partial charge is 0.325 e. The van der Waals surface area contributed by atoms with E-state index in [9.17, 15) is 4.79 Å². The second kappa shape index (κ2) is 7.17. The highest BCUT2D eigenvalue weighted by molar-refractivity contribution is 7.99. The fourth-order valence-electron chi connectivity index (χ4n) is 1.95. The van der Waals surface area contributed by atoms with Gasteiger partial charge in [0.05, 0.1) is 5.75 Å². The standard InChI is InChI=1S/C17H24N4OS/c1-11(2)12-7-6-8-13(9-12)18-14(22)10-23-16-19-15(20-21-16)17(3,4)5/h6-9,11H,10H2,1-5H3,(H,18,22)(H,19,20,21). The summed E-state index contributed by atoms with van der Waals surface area (Å²) in [5, 5.41) is 10.6. The number of thioether (sulfide) groups is 1. The minimum absolute atomic E-state index is 0.0574. The molecule has 1 amide bonds. The molecule has 2 rings (SSSR count). The van der Waals surface area contributed by atoms with Gasteiger partial charge in [0.1, 0.15) is 5.82 Å². The third-order valence-electron chi connectivity index (χ3n) is 3.34. The van der Waals surface area contributed by atoms with Crippen LogP contribution in [0.5, 0.6) is 0 Å². The summed E-state index contributed by atoms with van der Waals surface area (Å²) < 4.78 is 0. The lowest BCUT2D eigenvalue weighted by Crippen LogP contribution is -2.14. The van der Waals surface area contributed by atoms with Crippen LogP contribution in [0.15, 0.2) is 29.4 Å². The minimum atomic E-state index is -0.0780. The van der Waals surface area contributed by atoms with Gasteiger partial charge in [0.15, 0.2) is 0 Å². The first-order valence-corrected chi connectivity index (χ1v) is 8.70. The van der Waals surface area contributed by atoms with E-state index < -0.39 is 0 Å². The number of aromatic nitrogens is 3. The van der Waals surface area contributed by atoms with Gasteiger partial charge in [-0.1, -0.05) is 58.5 Å². The zero-order valence-electron chi connectivity index (χ0n) is 14.3. The molecule has 2 N–H and O–H groups in total. The third kappa shape index (κ3) is 5.10. The lowest BCUT2D eigenvalue weighted by Gasteiger charge is -2.12. The van der Waals surface area contributed by atoms with Gasteiger partial charge in [-0.3, -0.25) is 9.89 Å². The number of hydrogen-bond donors (Lipinski definition) is 2. The second-order valence-corrected chi connectivity index (χ2v) is 7.78. The molecule has 124 valence electrons. The number of benzene rings is 1. The molecule has 6 heteroatoms. The van der Waals surface area contributed by atoms with Gasteiger partial charge >= 0.3 is 0 Å². The van der Waals surface area contributed by atoms with Crippen molar-refractivity contribution in [1.82, 2.24) is 15.2 Å². The number of aromatic amines is 1.